The summed E-state index contributed by atoms with van der Waals surface area (Å²) >= 11 is 0. The number of nitrogens with two attached hydrogens (primary N) is 1. The van der Waals surface area contributed by atoms with Crippen molar-refractivity contribution in [3.8, 4) is 0 Å². The van der Waals surface area contributed by atoms with Gasteiger partial charge in [-0.3, -0.25) is 14.5 Å². The van der Waals surface area contributed by atoms with E-state index in [1.54, 1.807) is 6.07 Å². The Labute approximate surface area is 197 Å². The van der Waals surface area contributed by atoms with Crippen LogP contribution in [0, 0.1) is 5.41 Å². The van der Waals surface area contributed by atoms with Gasteiger partial charge in [-0.2, -0.15) is 0 Å². The summed E-state index contributed by atoms with van der Waals surface area (Å²) in [7, 11) is 0. The van der Waals surface area contributed by atoms with Gasteiger partial charge >= 0.3 is 0 Å². The van der Waals surface area contributed by atoms with Crippen molar-refractivity contribution in [2.45, 2.75) is 71.0 Å². The smallest absolute Gasteiger partial charge is 0.248 e. The second-order valence-corrected chi connectivity index (χ2v) is 10.7. The third kappa shape index (κ3) is 5.47. The quantitative estimate of drug-likeness (QED) is 0.676. The van der Waals surface area contributed by atoms with Crippen LogP contribution in [0.4, 0.5) is 0 Å². The minimum Gasteiger partial charge on any atom is -0.366 e. The fourth-order valence-corrected chi connectivity index (χ4v) is 5.62. The molecule has 5 heteroatoms. The van der Waals surface area contributed by atoms with Crippen LogP contribution in [0.2, 0.25) is 0 Å². The van der Waals surface area contributed by atoms with Gasteiger partial charge in [0, 0.05) is 42.7 Å². The minimum atomic E-state index is -0.397. The molecule has 0 radical (unpaired) electrons. The molecule has 2 fully saturated rings. The number of piperidine rings is 1. The number of rotatable bonds is 7. The van der Waals surface area contributed by atoms with Crippen molar-refractivity contribution in [2.75, 3.05) is 13.1 Å². The Balaban J connectivity index is 1.43. The predicted octanol–water partition coefficient (Wildman–Crippen LogP) is 4.57. The van der Waals surface area contributed by atoms with E-state index in [4.69, 9.17) is 5.73 Å². The summed E-state index contributed by atoms with van der Waals surface area (Å²) in [6.45, 7) is 8.33. The lowest BCUT2D eigenvalue weighted by Gasteiger charge is -2.40. The zero-order valence-corrected chi connectivity index (χ0v) is 20.2. The summed E-state index contributed by atoms with van der Waals surface area (Å²) < 4.78 is 0. The van der Waals surface area contributed by atoms with Gasteiger partial charge in [-0.05, 0) is 54.9 Å². The number of hydrogen-bond donors (Lipinski definition) is 1. The fourth-order valence-electron chi connectivity index (χ4n) is 5.62. The molecule has 2 aromatic carbocycles. The molecule has 2 aromatic rings. The van der Waals surface area contributed by atoms with Crippen LogP contribution in [0.25, 0.3) is 0 Å². The molecule has 2 heterocycles. The highest BCUT2D eigenvalue weighted by molar-refractivity contribution is 5.92. The molecule has 0 aromatic heterocycles. The highest BCUT2D eigenvalue weighted by Gasteiger charge is 2.41. The normalized spacial score (nSPS) is 22.8. The molecule has 176 valence electrons. The van der Waals surface area contributed by atoms with E-state index in [2.05, 4.69) is 23.1 Å². The summed E-state index contributed by atoms with van der Waals surface area (Å²) in [5.41, 5.74) is 8.11. The first kappa shape index (κ1) is 23.5. The molecule has 2 bridgehead atoms. The molecule has 2 aliphatic heterocycles. The van der Waals surface area contributed by atoms with Crippen molar-refractivity contribution < 1.29 is 9.59 Å². The summed E-state index contributed by atoms with van der Waals surface area (Å²) in [5.74, 6) is 0.311. The van der Waals surface area contributed by atoms with E-state index < -0.39 is 5.41 Å². The zero-order chi connectivity index (χ0) is 23.6. The molecule has 2 aliphatic rings. The van der Waals surface area contributed by atoms with Crippen LogP contribution in [-0.2, 0) is 11.3 Å². The Morgan fingerprint density at radius 2 is 1.67 bits per heavy atom. The monoisotopic (exact) mass is 447 g/mol. The molecule has 2 unspecified atom stereocenters. The molecule has 0 saturated carbocycles. The summed E-state index contributed by atoms with van der Waals surface area (Å²) in [6, 6.07) is 19.2. The van der Waals surface area contributed by atoms with Crippen molar-refractivity contribution >= 4 is 11.8 Å². The number of amides is 2. The maximum Gasteiger partial charge on any atom is 0.248 e. The van der Waals surface area contributed by atoms with E-state index >= 15 is 0 Å². The number of nitrogens with zero attached hydrogens (tertiary/aromatic N) is 2. The molecule has 2 N–H and O–H groups in total. The van der Waals surface area contributed by atoms with Crippen molar-refractivity contribution in [3.63, 3.8) is 0 Å². The zero-order valence-electron chi connectivity index (χ0n) is 20.2. The lowest BCUT2D eigenvalue weighted by Crippen LogP contribution is -2.48. The van der Waals surface area contributed by atoms with Gasteiger partial charge in [0.2, 0.25) is 11.8 Å². The number of carbonyl (C=O) groups excluding carboxylic acids is 2. The molecule has 5 nitrogen and oxygen atoms in total. The van der Waals surface area contributed by atoms with Crippen LogP contribution in [0.5, 0.6) is 0 Å². The van der Waals surface area contributed by atoms with Gasteiger partial charge < -0.3 is 10.6 Å². The Bertz CT molecular complexity index is 968. The summed E-state index contributed by atoms with van der Waals surface area (Å²) in [6.07, 6.45) is 4.63. The maximum absolute atomic E-state index is 13.2. The van der Waals surface area contributed by atoms with E-state index in [0.717, 1.165) is 25.9 Å². The molecular weight excluding hydrogens is 410 g/mol. The van der Waals surface area contributed by atoms with E-state index in [1.807, 2.05) is 56.0 Å². The molecule has 0 aliphatic carbocycles. The largest absolute Gasteiger partial charge is 0.366 e. The van der Waals surface area contributed by atoms with Crippen LogP contribution in [-0.4, -0.2) is 46.8 Å². The second-order valence-electron chi connectivity index (χ2n) is 10.7. The molecule has 2 saturated heterocycles. The third-order valence-electron chi connectivity index (χ3n) is 7.30. The second kappa shape index (κ2) is 9.68. The number of primary amides is 1. The molecular formula is C28H37N3O2. The standard InChI is InChI=1S/C28H37N3O2/c1-28(2,3)27(33)30(19-20-8-5-4-6-9-20)14-15-31-24-12-13-25(31)18-23(17-24)21-10-7-11-22(16-21)26(29)32/h4-11,16,23-25H,12-15,17-19H2,1-3H3,(H2,29,32). The average Bonchev–Trinajstić information content (AvgIpc) is 3.02. The number of fused-ring (bicyclic) bond motifs is 2. The number of hydrogen-bond acceptors (Lipinski definition) is 3. The number of carbonyl (C=O) groups is 2. The highest BCUT2D eigenvalue weighted by atomic mass is 16.2. The first-order chi connectivity index (χ1) is 15.7. The van der Waals surface area contributed by atoms with E-state index in [9.17, 15) is 9.59 Å². The Morgan fingerprint density at radius 3 is 2.27 bits per heavy atom. The topological polar surface area (TPSA) is 66.6 Å². The lowest BCUT2D eigenvalue weighted by atomic mass is 9.84. The Hall–Kier alpha value is -2.66. The van der Waals surface area contributed by atoms with Gasteiger partial charge in [0.15, 0.2) is 0 Å². The van der Waals surface area contributed by atoms with Gasteiger partial charge in [-0.25, -0.2) is 0 Å². The summed E-state index contributed by atoms with van der Waals surface area (Å²) in [5, 5.41) is 0. The lowest BCUT2D eigenvalue weighted by molar-refractivity contribution is -0.140. The third-order valence-corrected chi connectivity index (χ3v) is 7.30. The van der Waals surface area contributed by atoms with Crippen LogP contribution < -0.4 is 5.73 Å². The average molecular weight is 448 g/mol. The molecule has 2 amide bonds. The van der Waals surface area contributed by atoms with Crippen LogP contribution >= 0.6 is 0 Å². The molecule has 33 heavy (non-hydrogen) atoms. The van der Waals surface area contributed by atoms with Crippen LogP contribution in [0.3, 0.4) is 0 Å². The summed E-state index contributed by atoms with van der Waals surface area (Å²) in [4.78, 5) is 29.5. The number of benzene rings is 2. The predicted molar refractivity (Wildman–Crippen MR) is 132 cm³/mol. The van der Waals surface area contributed by atoms with Crippen LogP contribution in [0.1, 0.15) is 73.9 Å². The van der Waals surface area contributed by atoms with Gasteiger partial charge in [0.1, 0.15) is 0 Å². The molecule has 2 atom stereocenters. The van der Waals surface area contributed by atoms with E-state index in [-0.39, 0.29) is 11.8 Å². The minimum absolute atomic E-state index is 0.205. The highest BCUT2D eigenvalue weighted by Crippen LogP contribution is 2.43. The van der Waals surface area contributed by atoms with E-state index in [0.29, 0.717) is 30.1 Å². The van der Waals surface area contributed by atoms with Crippen molar-refractivity contribution in [2.24, 2.45) is 11.1 Å². The van der Waals surface area contributed by atoms with Gasteiger partial charge in [-0.15, -0.1) is 0 Å². The maximum atomic E-state index is 13.2. The first-order valence-corrected chi connectivity index (χ1v) is 12.2. The SMILES string of the molecule is CC(C)(C)C(=O)N(CCN1C2CCC1CC(c1cccc(C(N)=O)c1)C2)Cc1ccccc1. The van der Waals surface area contributed by atoms with E-state index in [1.165, 1.54) is 24.0 Å². The van der Waals surface area contributed by atoms with Crippen molar-refractivity contribution in [1.82, 2.24) is 9.80 Å². The Morgan fingerprint density at radius 1 is 1.00 bits per heavy atom. The molecule has 4 rings (SSSR count). The van der Waals surface area contributed by atoms with Gasteiger partial charge in [0.05, 0.1) is 0 Å². The molecule has 0 spiro atoms. The van der Waals surface area contributed by atoms with Gasteiger partial charge in [0.25, 0.3) is 0 Å². The van der Waals surface area contributed by atoms with Crippen molar-refractivity contribution in [1.29, 1.82) is 0 Å². The van der Waals surface area contributed by atoms with Crippen molar-refractivity contribution in [3.05, 3.63) is 71.3 Å². The first-order valence-electron chi connectivity index (χ1n) is 12.2. The fraction of sp³-hybridized carbons (Fsp3) is 0.500. The van der Waals surface area contributed by atoms with Crippen LogP contribution in [0.15, 0.2) is 54.6 Å². The van der Waals surface area contributed by atoms with Gasteiger partial charge in [-0.1, -0.05) is 63.2 Å². The Kier molecular flexibility index (Phi) is 6.89.